The van der Waals surface area contributed by atoms with Crippen LogP contribution >= 0.6 is 11.8 Å². The van der Waals surface area contributed by atoms with Crippen LogP contribution in [0.1, 0.15) is 26.7 Å². The zero-order valence-electron chi connectivity index (χ0n) is 6.18. The highest BCUT2D eigenvalue weighted by Gasteiger charge is 1.95. The monoisotopic (exact) mass is 142 g/mol. The summed E-state index contributed by atoms with van der Waals surface area (Å²) in [6.07, 6.45) is 7.25. The molecule has 0 rings (SSSR count). The van der Waals surface area contributed by atoms with E-state index in [1.54, 1.807) is 0 Å². The smallest absolute Gasteiger partial charge is 0.0177 e. The van der Waals surface area contributed by atoms with Gasteiger partial charge in [0.1, 0.15) is 0 Å². The highest BCUT2D eigenvalue weighted by molar-refractivity contribution is 7.99. The minimum atomic E-state index is 0.776. The van der Waals surface area contributed by atoms with Crippen LogP contribution in [0.5, 0.6) is 0 Å². The first kappa shape index (κ1) is 8.91. The van der Waals surface area contributed by atoms with Crippen molar-refractivity contribution >= 4 is 11.8 Å². The molecule has 0 aromatic carbocycles. The number of hydrogen-bond acceptors (Lipinski definition) is 1. The molecule has 0 bridgehead atoms. The van der Waals surface area contributed by atoms with Gasteiger partial charge in [0.2, 0.25) is 0 Å². The second kappa shape index (κ2) is 6.04. The molecule has 1 unspecified atom stereocenters. The Kier molecular flexibility index (Phi) is 5.98. The third-order valence-electron chi connectivity index (χ3n) is 1.22. The molecule has 1 atom stereocenters. The van der Waals surface area contributed by atoms with Crippen molar-refractivity contribution in [3.8, 4) is 12.3 Å². The van der Waals surface area contributed by atoms with Gasteiger partial charge in [-0.3, -0.25) is 0 Å². The molecule has 0 saturated carbocycles. The number of rotatable bonds is 4. The lowest BCUT2D eigenvalue weighted by atomic mass is 10.4. The van der Waals surface area contributed by atoms with E-state index in [9.17, 15) is 0 Å². The fourth-order valence-corrected chi connectivity index (χ4v) is 1.31. The minimum absolute atomic E-state index is 0.776. The summed E-state index contributed by atoms with van der Waals surface area (Å²) in [4.78, 5) is 0. The van der Waals surface area contributed by atoms with Crippen LogP contribution < -0.4 is 0 Å². The molecule has 0 amide bonds. The van der Waals surface area contributed by atoms with Crippen LogP contribution in [0, 0.1) is 12.3 Å². The molecular weight excluding hydrogens is 128 g/mol. The van der Waals surface area contributed by atoms with Gasteiger partial charge in [-0.1, -0.05) is 13.8 Å². The topological polar surface area (TPSA) is 0 Å². The summed E-state index contributed by atoms with van der Waals surface area (Å²) in [5.74, 6) is 3.74. The van der Waals surface area contributed by atoms with Crippen LogP contribution in [0.4, 0.5) is 0 Å². The summed E-state index contributed by atoms with van der Waals surface area (Å²) in [6.45, 7) is 4.44. The maximum Gasteiger partial charge on any atom is 0.0177 e. The molecule has 0 aromatic heterocycles. The summed E-state index contributed by atoms with van der Waals surface area (Å²) in [7, 11) is 0. The Morgan fingerprint density at radius 2 is 2.33 bits per heavy atom. The molecule has 1 heteroatoms. The summed E-state index contributed by atoms with van der Waals surface area (Å²) < 4.78 is 0. The Balaban J connectivity index is 2.99. The summed E-state index contributed by atoms with van der Waals surface area (Å²) in [6, 6.07) is 0. The van der Waals surface area contributed by atoms with Crippen molar-refractivity contribution in [1.29, 1.82) is 0 Å². The number of hydrogen-bond donors (Lipinski definition) is 0. The van der Waals surface area contributed by atoms with Crippen LogP contribution in [-0.2, 0) is 0 Å². The quantitative estimate of drug-likeness (QED) is 0.429. The molecule has 0 radical (unpaired) electrons. The molecule has 0 spiro atoms. The van der Waals surface area contributed by atoms with Crippen molar-refractivity contribution < 1.29 is 0 Å². The largest absolute Gasteiger partial charge is 0.158 e. The normalized spacial score (nSPS) is 12.6. The van der Waals surface area contributed by atoms with Crippen molar-refractivity contribution in [1.82, 2.24) is 0 Å². The Morgan fingerprint density at radius 1 is 1.67 bits per heavy atom. The Morgan fingerprint density at radius 3 is 2.78 bits per heavy atom. The Bertz CT molecular complexity index is 91.2. The van der Waals surface area contributed by atoms with E-state index in [2.05, 4.69) is 19.8 Å². The third-order valence-corrected chi connectivity index (χ3v) is 2.57. The van der Waals surface area contributed by atoms with Gasteiger partial charge in [0.25, 0.3) is 0 Å². The van der Waals surface area contributed by atoms with E-state index in [-0.39, 0.29) is 0 Å². The zero-order valence-corrected chi connectivity index (χ0v) is 7.00. The molecule has 0 aliphatic rings. The average Bonchev–Trinajstić information content (AvgIpc) is 1.89. The molecule has 0 aliphatic carbocycles. The lowest BCUT2D eigenvalue weighted by Crippen LogP contribution is -1.93. The summed E-state index contributed by atoms with van der Waals surface area (Å²) >= 11 is 1.96. The van der Waals surface area contributed by atoms with Gasteiger partial charge in [-0.05, 0) is 6.42 Å². The number of terminal acetylenes is 1. The van der Waals surface area contributed by atoms with Crippen LogP contribution in [0.15, 0.2) is 0 Å². The molecule has 0 aliphatic heterocycles. The molecule has 0 fully saturated rings. The number of thioether (sulfide) groups is 1. The SMILES string of the molecule is C#CCCSC(C)CC. The predicted molar refractivity (Wildman–Crippen MR) is 45.7 cm³/mol. The molecule has 0 heterocycles. The van der Waals surface area contributed by atoms with Gasteiger partial charge >= 0.3 is 0 Å². The molecular formula is C8H14S. The van der Waals surface area contributed by atoms with Crippen LogP contribution in [0.25, 0.3) is 0 Å². The van der Waals surface area contributed by atoms with Crippen molar-refractivity contribution in [3.63, 3.8) is 0 Å². The van der Waals surface area contributed by atoms with Crippen molar-refractivity contribution in [2.75, 3.05) is 5.75 Å². The minimum Gasteiger partial charge on any atom is -0.158 e. The van der Waals surface area contributed by atoms with E-state index in [0.29, 0.717) is 0 Å². The lowest BCUT2D eigenvalue weighted by Gasteiger charge is -2.04. The van der Waals surface area contributed by atoms with Gasteiger partial charge in [-0.25, -0.2) is 0 Å². The van der Waals surface area contributed by atoms with Crippen LogP contribution in [0.2, 0.25) is 0 Å². The summed E-state index contributed by atoms with van der Waals surface area (Å²) in [5, 5.41) is 0.776. The van der Waals surface area contributed by atoms with E-state index < -0.39 is 0 Å². The van der Waals surface area contributed by atoms with Gasteiger partial charge in [-0.15, -0.1) is 12.3 Å². The highest BCUT2D eigenvalue weighted by Crippen LogP contribution is 2.13. The first-order chi connectivity index (χ1) is 4.31. The molecule has 0 nitrogen and oxygen atoms in total. The Hall–Kier alpha value is -0.0900. The van der Waals surface area contributed by atoms with E-state index in [4.69, 9.17) is 6.42 Å². The van der Waals surface area contributed by atoms with Crippen LogP contribution in [0.3, 0.4) is 0 Å². The lowest BCUT2D eigenvalue weighted by molar-refractivity contribution is 0.905. The third kappa shape index (κ3) is 5.79. The average molecular weight is 142 g/mol. The first-order valence-electron chi connectivity index (χ1n) is 3.36. The molecule has 52 valence electrons. The van der Waals surface area contributed by atoms with E-state index in [1.165, 1.54) is 6.42 Å². The van der Waals surface area contributed by atoms with E-state index >= 15 is 0 Å². The molecule has 0 aromatic rings. The molecule has 9 heavy (non-hydrogen) atoms. The Labute approximate surface area is 62.4 Å². The summed E-state index contributed by atoms with van der Waals surface area (Å²) in [5.41, 5.74) is 0. The van der Waals surface area contributed by atoms with Gasteiger partial charge in [0.05, 0.1) is 0 Å². The zero-order chi connectivity index (χ0) is 7.11. The van der Waals surface area contributed by atoms with Gasteiger partial charge in [0, 0.05) is 17.4 Å². The van der Waals surface area contributed by atoms with E-state index in [0.717, 1.165) is 17.4 Å². The molecule has 0 saturated heterocycles. The van der Waals surface area contributed by atoms with Gasteiger partial charge in [-0.2, -0.15) is 11.8 Å². The highest BCUT2D eigenvalue weighted by atomic mass is 32.2. The van der Waals surface area contributed by atoms with Gasteiger partial charge < -0.3 is 0 Å². The standard InChI is InChI=1S/C8H14S/c1-4-6-7-9-8(3)5-2/h1,8H,5-7H2,2-3H3. The van der Waals surface area contributed by atoms with Crippen molar-refractivity contribution in [2.24, 2.45) is 0 Å². The maximum absolute atomic E-state index is 5.09. The van der Waals surface area contributed by atoms with Crippen LogP contribution in [-0.4, -0.2) is 11.0 Å². The van der Waals surface area contributed by atoms with Crippen molar-refractivity contribution in [2.45, 2.75) is 31.9 Å². The first-order valence-corrected chi connectivity index (χ1v) is 4.41. The fraction of sp³-hybridized carbons (Fsp3) is 0.750. The van der Waals surface area contributed by atoms with E-state index in [1.807, 2.05) is 11.8 Å². The van der Waals surface area contributed by atoms with Gasteiger partial charge in [0.15, 0.2) is 0 Å². The molecule has 0 N–H and O–H groups in total. The fourth-order valence-electron chi connectivity index (χ4n) is 0.437. The second-order valence-electron chi connectivity index (χ2n) is 2.04. The maximum atomic E-state index is 5.09. The predicted octanol–water partition coefficient (Wildman–Crippen LogP) is 2.54. The van der Waals surface area contributed by atoms with Crippen molar-refractivity contribution in [3.05, 3.63) is 0 Å². The second-order valence-corrected chi connectivity index (χ2v) is 3.59.